The van der Waals surface area contributed by atoms with Crippen LogP contribution in [-0.2, 0) is 4.74 Å². The third kappa shape index (κ3) is 5.16. The molecule has 1 saturated heterocycles. The normalized spacial score (nSPS) is 15.4. The Bertz CT molecular complexity index is 831. The molecule has 2 amide bonds. The molecule has 0 radical (unpaired) electrons. The predicted octanol–water partition coefficient (Wildman–Crippen LogP) is 5.07. The van der Waals surface area contributed by atoms with Gasteiger partial charge >= 0.3 is 6.09 Å². The first-order valence-corrected chi connectivity index (χ1v) is 10.2. The number of rotatable bonds is 3. The molecule has 7 heteroatoms. The maximum atomic E-state index is 12.7. The third-order valence-corrected chi connectivity index (χ3v) is 5.15. The summed E-state index contributed by atoms with van der Waals surface area (Å²) >= 11 is 3.39. The second kappa shape index (κ2) is 8.39. The zero-order chi connectivity index (χ0) is 20.3. The zero-order valence-corrected chi connectivity index (χ0v) is 18.0. The fourth-order valence-corrected chi connectivity index (χ4v) is 3.55. The number of likely N-dealkylation sites (tertiary alicyclic amines) is 1. The molecule has 1 aliphatic heterocycles. The minimum Gasteiger partial charge on any atom is -0.444 e. The highest BCUT2D eigenvalue weighted by Crippen LogP contribution is 2.26. The summed E-state index contributed by atoms with van der Waals surface area (Å²) in [6, 6.07) is 11.4. The number of nitrogens with zero attached hydrogens (tertiary/aromatic N) is 2. The molecule has 2 aromatic rings. The van der Waals surface area contributed by atoms with Crippen molar-refractivity contribution in [3.8, 4) is 0 Å². The number of anilines is 1. The number of carbonyl (C=O) groups excluding carboxylic acids is 2. The number of nitrogens with one attached hydrogen (secondary N) is 1. The topological polar surface area (TPSA) is 63.6 Å². The maximum Gasteiger partial charge on any atom is 0.410 e. The van der Waals surface area contributed by atoms with Crippen LogP contribution in [0.15, 0.2) is 47.1 Å². The molecular formula is C21H26BrN3O3. The van der Waals surface area contributed by atoms with Gasteiger partial charge in [-0.25, -0.2) is 4.79 Å². The van der Waals surface area contributed by atoms with Crippen LogP contribution in [-0.4, -0.2) is 40.2 Å². The van der Waals surface area contributed by atoms with E-state index in [9.17, 15) is 9.59 Å². The van der Waals surface area contributed by atoms with E-state index in [-0.39, 0.29) is 18.0 Å². The van der Waals surface area contributed by atoms with Gasteiger partial charge in [-0.3, -0.25) is 4.79 Å². The van der Waals surface area contributed by atoms with Crippen LogP contribution in [0.3, 0.4) is 0 Å². The lowest BCUT2D eigenvalue weighted by molar-refractivity contribution is 0.0187. The summed E-state index contributed by atoms with van der Waals surface area (Å²) in [7, 11) is 0. The molecule has 28 heavy (non-hydrogen) atoms. The van der Waals surface area contributed by atoms with Gasteiger partial charge in [-0.15, -0.1) is 0 Å². The average molecular weight is 448 g/mol. The number of ether oxygens (including phenoxy) is 1. The molecule has 3 rings (SSSR count). The number of aromatic nitrogens is 1. The van der Waals surface area contributed by atoms with Crippen molar-refractivity contribution in [1.82, 2.24) is 9.47 Å². The van der Waals surface area contributed by atoms with Gasteiger partial charge in [0.2, 0.25) is 0 Å². The molecule has 1 fully saturated rings. The number of piperidine rings is 1. The fourth-order valence-electron chi connectivity index (χ4n) is 3.29. The summed E-state index contributed by atoms with van der Waals surface area (Å²) in [5.74, 6) is -0.137. The highest BCUT2D eigenvalue weighted by atomic mass is 79.9. The molecule has 0 unspecified atom stereocenters. The molecule has 150 valence electrons. The minimum absolute atomic E-state index is 0.137. The predicted molar refractivity (Wildman–Crippen MR) is 113 cm³/mol. The van der Waals surface area contributed by atoms with E-state index in [0.717, 1.165) is 23.0 Å². The van der Waals surface area contributed by atoms with Crippen molar-refractivity contribution in [3.05, 3.63) is 52.8 Å². The first-order valence-electron chi connectivity index (χ1n) is 9.44. The van der Waals surface area contributed by atoms with Crippen LogP contribution in [0.2, 0.25) is 0 Å². The second-order valence-corrected chi connectivity index (χ2v) is 8.88. The smallest absolute Gasteiger partial charge is 0.410 e. The van der Waals surface area contributed by atoms with E-state index in [0.29, 0.717) is 18.8 Å². The molecule has 1 N–H and O–H groups in total. The standard InChI is InChI=1S/C21H26BrN3O3/c1-21(2,3)28-20(27)24-13-10-17(11-14-24)25-12-4-5-18(25)19(26)23-16-8-6-15(22)7-9-16/h4-9,12,17H,10-11,13-14H2,1-3H3,(H,23,26). The summed E-state index contributed by atoms with van der Waals surface area (Å²) in [4.78, 5) is 26.7. The average Bonchev–Trinajstić information content (AvgIpc) is 3.12. The van der Waals surface area contributed by atoms with Crippen LogP contribution in [0, 0.1) is 0 Å². The number of hydrogen-bond donors (Lipinski definition) is 1. The molecule has 1 aromatic carbocycles. The Morgan fingerprint density at radius 3 is 2.36 bits per heavy atom. The van der Waals surface area contributed by atoms with Gasteiger partial charge in [-0.1, -0.05) is 15.9 Å². The molecular weight excluding hydrogens is 422 g/mol. The lowest BCUT2D eigenvalue weighted by Gasteiger charge is -2.34. The van der Waals surface area contributed by atoms with Gasteiger partial charge in [0.15, 0.2) is 0 Å². The van der Waals surface area contributed by atoms with E-state index in [1.807, 2.05) is 67.9 Å². The van der Waals surface area contributed by atoms with Gasteiger partial charge in [0.05, 0.1) is 0 Å². The van der Waals surface area contributed by atoms with E-state index >= 15 is 0 Å². The Balaban J connectivity index is 1.62. The number of benzene rings is 1. The first-order chi connectivity index (χ1) is 13.2. The van der Waals surface area contributed by atoms with E-state index in [1.54, 1.807) is 4.90 Å². The molecule has 2 heterocycles. The van der Waals surface area contributed by atoms with Gasteiger partial charge < -0.3 is 19.5 Å². The molecule has 1 aliphatic rings. The van der Waals surface area contributed by atoms with E-state index in [2.05, 4.69) is 21.2 Å². The minimum atomic E-state index is -0.493. The molecule has 1 aromatic heterocycles. The first kappa shape index (κ1) is 20.5. The lowest BCUT2D eigenvalue weighted by atomic mass is 10.0. The largest absolute Gasteiger partial charge is 0.444 e. The second-order valence-electron chi connectivity index (χ2n) is 7.96. The fraction of sp³-hybridized carbons (Fsp3) is 0.429. The molecule has 6 nitrogen and oxygen atoms in total. The maximum absolute atomic E-state index is 12.7. The highest BCUT2D eigenvalue weighted by Gasteiger charge is 2.28. The van der Waals surface area contributed by atoms with Crippen molar-refractivity contribution in [1.29, 1.82) is 0 Å². The van der Waals surface area contributed by atoms with Crippen LogP contribution in [0.1, 0.15) is 50.1 Å². The van der Waals surface area contributed by atoms with Gasteiger partial charge in [-0.2, -0.15) is 0 Å². The van der Waals surface area contributed by atoms with Crippen molar-refractivity contribution >= 4 is 33.6 Å². The molecule has 0 spiro atoms. The molecule has 0 saturated carbocycles. The van der Waals surface area contributed by atoms with E-state index in [1.165, 1.54) is 0 Å². The summed E-state index contributed by atoms with van der Waals surface area (Å²) in [5, 5.41) is 2.94. The highest BCUT2D eigenvalue weighted by molar-refractivity contribution is 9.10. The Morgan fingerprint density at radius 1 is 1.11 bits per heavy atom. The van der Waals surface area contributed by atoms with Crippen molar-refractivity contribution in [2.45, 2.75) is 45.3 Å². The SMILES string of the molecule is CC(C)(C)OC(=O)N1CCC(n2cccc2C(=O)Nc2ccc(Br)cc2)CC1. The molecule has 0 bridgehead atoms. The summed E-state index contributed by atoms with van der Waals surface area (Å²) in [6.45, 7) is 6.84. The Morgan fingerprint density at radius 2 is 1.75 bits per heavy atom. The quantitative estimate of drug-likeness (QED) is 0.713. The number of hydrogen-bond acceptors (Lipinski definition) is 3. The van der Waals surface area contributed by atoms with Crippen LogP contribution in [0.4, 0.5) is 10.5 Å². The van der Waals surface area contributed by atoms with Gasteiger partial charge in [0, 0.05) is 35.5 Å². The van der Waals surface area contributed by atoms with Crippen LogP contribution in [0.25, 0.3) is 0 Å². The molecule has 0 aliphatic carbocycles. The third-order valence-electron chi connectivity index (χ3n) is 4.62. The lowest BCUT2D eigenvalue weighted by Crippen LogP contribution is -2.42. The van der Waals surface area contributed by atoms with Crippen LogP contribution >= 0.6 is 15.9 Å². The van der Waals surface area contributed by atoms with E-state index in [4.69, 9.17) is 4.74 Å². The Labute approximate surface area is 174 Å². The zero-order valence-electron chi connectivity index (χ0n) is 16.4. The van der Waals surface area contributed by atoms with Gasteiger partial charge in [0.25, 0.3) is 5.91 Å². The summed E-state index contributed by atoms with van der Waals surface area (Å²) in [5.41, 5.74) is 0.881. The number of amides is 2. The van der Waals surface area contributed by atoms with Crippen molar-refractivity contribution in [2.24, 2.45) is 0 Å². The van der Waals surface area contributed by atoms with Gasteiger partial charge in [0.1, 0.15) is 11.3 Å². The van der Waals surface area contributed by atoms with Crippen molar-refractivity contribution in [3.63, 3.8) is 0 Å². The van der Waals surface area contributed by atoms with Crippen LogP contribution < -0.4 is 5.32 Å². The summed E-state index contributed by atoms with van der Waals surface area (Å²) in [6.07, 6.45) is 3.23. The Hall–Kier alpha value is -2.28. The van der Waals surface area contributed by atoms with Gasteiger partial charge in [-0.05, 0) is 70.0 Å². The Kier molecular flexibility index (Phi) is 6.13. The number of carbonyl (C=O) groups is 2. The van der Waals surface area contributed by atoms with Crippen molar-refractivity contribution < 1.29 is 14.3 Å². The summed E-state index contributed by atoms with van der Waals surface area (Å²) < 4.78 is 8.43. The van der Waals surface area contributed by atoms with Crippen molar-refractivity contribution in [2.75, 3.05) is 18.4 Å². The van der Waals surface area contributed by atoms with Crippen LogP contribution in [0.5, 0.6) is 0 Å². The monoisotopic (exact) mass is 447 g/mol. The number of halogens is 1. The molecule has 0 atom stereocenters. The van der Waals surface area contributed by atoms with E-state index < -0.39 is 5.60 Å².